The van der Waals surface area contributed by atoms with Crippen molar-refractivity contribution < 1.29 is 45.1 Å². The van der Waals surface area contributed by atoms with Gasteiger partial charge in [-0.25, -0.2) is 39.6 Å². The third-order valence-corrected chi connectivity index (χ3v) is 12.1. The van der Waals surface area contributed by atoms with E-state index < -0.39 is 66.2 Å². The highest BCUT2D eigenvalue weighted by molar-refractivity contribution is 7.92. The molecular formula is C23H28N2O10S3. The van der Waals surface area contributed by atoms with Crippen molar-refractivity contribution in [2.24, 2.45) is 0 Å². The van der Waals surface area contributed by atoms with Crippen molar-refractivity contribution in [3.8, 4) is 0 Å². The highest BCUT2D eigenvalue weighted by atomic mass is 32.2. The van der Waals surface area contributed by atoms with E-state index in [0.29, 0.717) is 0 Å². The van der Waals surface area contributed by atoms with Gasteiger partial charge in [-0.05, 0) is 62.6 Å². The largest absolute Gasteiger partial charge is 0.478 e. The smallest absolute Gasteiger partial charge is 0.335 e. The summed E-state index contributed by atoms with van der Waals surface area (Å²) in [6, 6.07) is 7.11. The fourth-order valence-electron chi connectivity index (χ4n) is 4.38. The maximum absolute atomic E-state index is 13.8. The van der Waals surface area contributed by atoms with Gasteiger partial charge in [0.25, 0.3) is 0 Å². The number of carboxylic acid groups (broad SMARTS) is 2. The van der Waals surface area contributed by atoms with Gasteiger partial charge >= 0.3 is 11.9 Å². The first-order valence-electron chi connectivity index (χ1n) is 11.3. The quantitative estimate of drug-likeness (QED) is 0.364. The third-order valence-electron chi connectivity index (χ3n) is 6.42. The Morgan fingerprint density at radius 1 is 0.947 bits per heavy atom. The van der Waals surface area contributed by atoms with E-state index in [-0.39, 0.29) is 44.2 Å². The second-order valence-corrected chi connectivity index (χ2v) is 15.1. The Morgan fingerprint density at radius 3 is 1.92 bits per heavy atom. The van der Waals surface area contributed by atoms with Crippen molar-refractivity contribution >= 4 is 41.8 Å². The predicted molar refractivity (Wildman–Crippen MR) is 137 cm³/mol. The average Bonchev–Trinajstić information content (AvgIpc) is 3.09. The van der Waals surface area contributed by atoms with Gasteiger partial charge in [0, 0.05) is 18.6 Å². The van der Waals surface area contributed by atoms with Crippen LogP contribution in [0, 0.1) is 13.8 Å². The highest BCUT2D eigenvalue weighted by Gasteiger charge is 2.48. The number of nitrogens with one attached hydrogen (secondary N) is 1. The molecule has 0 bridgehead atoms. The normalized spacial score (nSPS) is 19.5. The molecule has 0 radical (unpaired) electrons. The first-order chi connectivity index (χ1) is 17.4. The first-order valence-corrected chi connectivity index (χ1v) is 16.0. The Hall–Kier alpha value is -2.85. The van der Waals surface area contributed by atoms with Crippen molar-refractivity contribution in [1.82, 2.24) is 9.03 Å². The van der Waals surface area contributed by atoms with E-state index in [1.165, 1.54) is 45.0 Å². The summed E-state index contributed by atoms with van der Waals surface area (Å²) in [6.07, 6.45) is -0.0429. The molecule has 0 saturated carbocycles. The predicted octanol–water partition coefficient (Wildman–Crippen LogP) is 1.25. The molecule has 0 spiro atoms. The SMILES string of the molecule is Cc1ccc(C(=O)O)cc1S(=O)(=O)NCCN([C@@]1(C)CCS(=O)(=O)C1)S(=O)(=O)c1cc(C(=O)O)ccc1C. The summed E-state index contributed by atoms with van der Waals surface area (Å²) in [5, 5.41) is 18.6. The van der Waals surface area contributed by atoms with Gasteiger partial charge in [-0.15, -0.1) is 0 Å². The number of carbonyl (C=O) groups is 2. The zero-order valence-electron chi connectivity index (χ0n) is 20.8. The number of aryl methyl sites for hydroxylation is 2. The molecule has 3 N–H and O–H groups in total. The lowest BCUT2D eigenvalue weighted by Gasteiger charge is -2.37. The van der Waals surface area contributed by atoms with Gasteiger partial charge in [0.2, 0.25) is 20.0 Å². The Bertz CT molecular complexity index is 1620. The molecular weight excluding hydrogens is 560 g/mol. The molecule has 0 aromatic heterocycles. The van der Waals surface area contributed by atoms with Gasteiger partial charge < -0.3 is 10.2 Å². The summed E-state index contributed by atoms with van der Waals surface area (Å²) >= 11 is 0. The highest BCUT2D eigenvalue weighted by Crippen LogP contribution is 2.35. The van der Waals surface area contributed by atoms with Crippen LogP contribution in [-0.2, 0) is 29.9 Å². The minimum Gasteiger partial charge on any atom is -0.478 e. The molecule has 0 unspecified atom stereocenters. The fourth-order valence-corrected chi connectivity index (χ4v) is 9.95. The van der Waals surface area contributed by atoms with Gasteiger partial charge in [-0.1, -0.05) is 12.1 Å². The van der Waals surface area contributed by atoms with Crippen LogP contribution in [0.3, 0.4) is 0 Å². The molecule has 2 aromatic carbocycles. The Balaban J connectivity index is 1.99. The zero-order chi connectivity index (χ0) is 28.7. The summed E-state index contributed by atoms with van der Waals surface area (Å²) in [6.45, 7) is 3.44. The lowest BCUT2D eigenvalue weighted by molar-refractivity contribution is 0.0685. The summed E-state index contributed by atoms with van der Waals surface area (Å²) in [5.74, 6) is -3.44. The molecule has 15 heteroatoms. The van der Waals surface area contributed by atoms with Crippen LogP contribution in [0.2, 0.25) is 0 Å². The van der Waals surface area contributed by atoms with Crippen LogP contribution in [0.15, 0.2) is 46.2 Å². The fraction of sp³-hybridized carbons (Fsp3) is 0.391. The minimum atomic E-state index is -4.50. The number of benzene rings is 2. The Kier molecular flexibility index (Phi) is 8.11. The monoisotopic (exact) mass is 588 g/mol. The van der Waals surface area contributed by atoms with Crippen LogP contribution in [0.5, 0.6) is 0 Å². The molecule has 1 heterocycles. The van der Waals surface area contributed by atoms with Crippen LogP contribution >= 0.6 is 0 Å². The van der Waals surface area contributed by atoms with Crippen molar-refractivity contribution in [2.45, 2.75) is 42.5 Å². The molecule has 2 aromatic rings. The maximum atomic E-state index is 13.8. The number of aromatic carboxylic acids is 2. The summed E-state index contributed by atoms with van der Waals surface area (Å²) in [5.41, 5.74) is -1.47. The lowest BCUT2D eigenvalue weighted by Crippen LogP contribution is -2.53. The molecule has 3 rings (SSSR count). The summed E-state index contributed by atoms with van der Waals surface area (Å²) in [7, 11) is -12.4. The van der Waals surface area contributed by atoms with Crippen LogP contribution in [-0.4, -0.2) is 81.8 Å². The molecule has 0 amide bonds. The molecule has 208 valence electrons. The molecule has 1 aliphatic rings. The van der Waals surface area contributed by atoms with Crippen molar-refractivity contribution in [2.75, 3.05) is 24.6 Å². The van der Waals surface area contributed by atoms with E-state index in [1.807, 2.05) is 0 Å². The summed E-state index contributed by atoms with van der Waals surface area (Å²) in [4.78, 5) is 22.1. The number of carboxylic acids is 2. The van der Waals surface area contributed by atoms with E-state index in [9.17, 15) is 45.1 Å². The van der Waals surface area contributed by atoms with Crippen molar-refractivity contribution in [1.29, 1.82) is 0 Å². The molecule has 38 heavy (non-hydrogen) atoms. The van der Waals surface area contributed by atoms with Gasteiger partial charge in [0.05, 0.1) is 32.4 Å². The number of sulfone groups is 1. The number of rotatable bonds is 10. The molecule has 1 saturated heterocycles. The summed E-state index contributed by atoms with van der Waals surface area (Å²) < 4.78 is 81.4. The van der Waals surface area contributed by atoms with E-state index in [0.717, 1.165) is 16.4 Å². The number of nitrogens with zero attached hydrogens (tertiary/aromatic N) is 1. The molecule has 1 atom stereocenters. The Labute approximate surface area is 221 Å². The van der Waals surface area contributed by atoms with E-state index in [2.05, 4.69) is 4.72 Å². The van der Waals surface area contributed by atoms with Crippen LogP contribution in [0.25, 0.3) is 0 Å². The standard InChI is InChI=1S/C23H28N2O10S3/c1-15-4-6-17(21(26)27)12-19(15)37(32,33)24-9-10-25(23(3)8-11-36(30,31)14-23)38(34,35)20-13-18(22(28)29)7-5-16(20)2/h4-7,12-13,24H,8-11,14H2,1-3H3,(H,26,27)(H,28,29)/t23-/m0/s1. The second-order valence-electron chi connectivity index (χ2n) is 9.38. The number of hydrogen-bond donors (Lipinski definition) is 3. The van der Waals surface area contributed by atoms with E-state index in [4.69, 9.17) is 0 Å². The average molecular weight is 589 g/mol. The number of hydrogen-bond acceptors (Lipinski definition) is 8. The van der Waals surface area contributed by atoms with Gasteiger partial charge in [-0.2, -0.15) is 4.31 Å². The zero-order valence-corrected chi connectivity index (χ0v) is 23.3. The van der Waals surface area contributed by atoms with Crippen LogP contribution < -0.4 is 4.72 Å². The minimum absolute atomic E-state index is 0.0429. The van der Waals surface area contributed by atoms with Crippen LogP contribution in [0.1, 0.15) is 45.2 Å². The van der Waals surface area contributed by atoms with Crippen LogP contribution in [0.4, 0.5) is 0 Å². The number of sulfonamides is 2. The van der Waals surface area contributed by atoms with Crippen molar-refractivity contribution in [3.05, 3.63) is 58.7 Å². The molecule has 1 fully saturated rings. The third kappa shape index (κ3) is 6.07. The van der Waals surface area contributed by atoms with E-state index in [1.54, 1.807) is 0 Å². The first kappa shape index (κ1) is 29.7. The van der Waals surface area contributed by atoms with Crippen molar-refractivity contribution in [3.63, 3.8) is 0 Å². The lowest BCUT2D eigenvalue weighted by atomic mass is 10.0. The van der Waals surface area contributed by atoms with Gasteiger partial charge in [-0.3, -0.25) is 0 Å². The topological polar surface area (TPSA) is 192 Å². The second kappa shape index (κ2) is 10.4. The van der Waals surface area contributed by atoms with Gasteiger partial charge in [0.15, 0.2) is 9.84 Å². The van der Waals surface area contributed by atoms with Gasteiger partial charge in [0.1, 0.15) is 0 Å². The van der Waals surface area contributed by atoms with E-state index >= 15 is 0 Å². The Morgan fingerprint density at radius 2 is 1.45 bits per heavy atom. The molecule has 1 aliphatic heterocycles. The molecule has 0 aliphatic carbocycles. The molecule has 12 nitrogen and oxygen atoms in total. The maximum Gasteiger partial charge on any atom is 0.335 e.